The molecule has 1 aliphatic heterocycles. The van der Waals surface area contributed by atoms with Crippen LogP contribution in [0.1, 0.15) is 84.5 Å². The van der Waals surface area contributed by atoms with Gasteiger partial charge in [-0.25, -0.2) is 5.43 Å². The Bertz CT molecular complexity index is 417. The highest BCUT2D eigenvalue weighted by molar-refractivity contribution is 5.88. The molecular formula is C19H34N2O3. The van der Waals surface area contributed by atoms with Crippen molar-refractivity contribution in [3.8, 4) is 0 Å². The Labute approximate surface area is 146 Å². The van der Waals surface area contributed by atoms with Crippen molar-refractivity contribution in [1.29, 1.82) is 0 Å². The summed E-state index contributed by atoms with van der Waals surface area (Å²) in [5.74, 6) is -0.480. The Kier molecular flexibility index (Phi) is 8.19. The van der Waals surface area contributed by atoms with E-state index < -0.39 is 5.79 Å². The zero-order valence-corrected chi connectivity index (χ0v) is 15.4. The van der Waals surface area contributed by atoms with Gasteiger partial charge >= 0.3 is 0 Å². The predicted octanol–water partition coefficient (Wildman–Crippen LogP) is 4.16. The Morgan fingerprint density at radius 3 is 2.33 bits per heavy atom. The molecule has 1 saturated carbocycles. The number of nitrogens with one attached hydrogen (secondary N) is 1. The Balaban J connectivity index is 1.86. The number of ether oxygens (including phenoxy) is 2. The van der Waals surface area contributed by atoms with Crippen LogP contribution in [-0.4, -0.2) is 30.6 Å². The van der Waals surface area contributed by atoms with E-state index in [1.165, 1.54) is 57.8 Å². The summed E-state index contributed by atoms with van der Waals surface area (Å²) in [7, 11) is 0. The first-order valence-corrected chi connectivity index (χ1v) is 9.72. The number of hydrazone groups is 1. The van der Waals surface area contributed by atoms with Gasteiger partial charge in [-0.15, -0.1) is 0 Å². The van der Waals surface area contributed by atoms with Gasteiger partial charge in [-0.1, -0.05) is 51.9 Å². The third-order valence-corrected chi connectivity index (χ3v) is 5.09. The maximum absolute atomic E-state index is 12.2. The van der Waals surface area contributed by atoms with Crippen molar-refractivity contribution >= 4 is 11.6 Å². The van der Waals surface area contributed by atoms with E-state index in [-0.39, 0.29) is 12.3 Å². The molecule has 1 heterocycles. The molecular weight excluding hydrogens is 304 g/mol. The standard InChI is InChI=1S/C19H34N2O3/c1-16-11-9-7-5-3-4-6-8-10-12-17(16)20-21-18(22)15-19(2)23-13-14-24-19/h16H,3-15H2,1-2H3,(H,21,22)/b20-17-. The lowest BCUT2D eigenvalue weighted by atomic mass is 9.92. The normalized spacial score (nSPS) is 28.1. The number of hydrogen-bond acceptors (Lipinski definition) is 4. The summed E-state index contributed by atoms with van der Waals surface area (Å²) >= 11 is 0. The second kappa shape index (κ2) is 10.1. The Hall–Kier alpha value is -0.940. The van der Waals surface area contributed by atoms with E-state index in [0.29, 0.717) is 19.1 Å². The fourth-order valence-corrected chi connectivity index (χ4v) is 3.52. The molecule has 0 aromatic heterocycles. The summed E-state index contributed by atoms with van der Waals surface area (Å²) < 4.78 is 11.0. The van der Waals surface area contributed by atoms with E-state index in [9.17, 15) is 4.79 Å². The lowest BCUT2D eigenvalue weighted by molar-refractivity contribution is -0.159. The second-order valence-corrected chi connectivity index (χ2v) is 7.41. The molecule has 2 aliphatic rings. The van der Waals surface area contributed by atoms with Crippen molar-refractivity contribution in [2.45, 2.75) is 90.3 Å². The van der Waals surface area contributed by atoms with Gasteiger partial charge in [0.25, 0.3) is 0 Å². The van der Waals surface area contributed by atoms with Crippen LogP contribution in [0.2, 0.25) is 0 Å². The third kappa shape index (κ3) is 6.89. The van der Waals surface area contributed by atoms with Gasteiger partial charge in [0, 0.05) is 5.71 Å². The van der Waals surface area contributed by atoms with Crippen molar-refractivity contribution in [3.05, 3.63) is 0 Å². The maximum atomic E-state index is 12.2. The lowest BCUT2D eigenvalue weighted by Crippen LogP contribution is -2.34. The first-order chi connectivity index (χ1) is 11.6. The molecule has 1 saturated heterocycles. The molecule has 138 valence electrons. The fraction of sp³-hybridized carbons (Fsp3) is 0.895. The van der Waals surface area contributed by atoms with Crippen LogP contribution in [0.25, 0.3) is 0 Å². The predicted molar refractivity (Wildman–Crippen MR) is 95.8 cm³/mol. The zero-order chi connectivity index (χ0) is 17.3. The number of carbonyl (C=O) groups is 1. The first kappa shape index (κ1) is 19.4. The summed E-state index contributed by atoms with van der Waals surface area (Å²) in [6.45, 7) is 5.15. The number of rotatable bonds is 3. The van der Waals surface area contributed by atoms with E-state index in [4.69, 9.17) is 9.47 Å². The summed E-state index contributed by atoms with van der Waals surface area (Å²) in [6.07, 6.45) is 12.8. The molecule has 2 rings (SSSR count). The first-order valence-electron chi connectivity index (χ1n) is 9.72. The molecule has 2 fully saturated rings. The van der Waals surface area contributed by atoms with Crippen molar-refractivity contribution in [1.82, 2.24) is 5.43 Å². The van der Waals surface area contributed by atoms with Crippen LogP contribution in [-0.2, 0) is 14.3 Å². The molecule has 24 heavy (non-hydrogen) atoms. The van der Waals surface area contributed by atoms with Gasteiger partial charge in [0.1, 0.15) is 0 Å². The topological polar surface area (TPSA) is 59.9 Å². The van der Waals surface area contributed by atoms with E-state index in [1.54, 1.807) is 0 Å². The average Bonchev–Trinajstić information content (AvgIpc) is 2.96. The molecule has 0 radical (unpaired) electrons. The van der Waals surface area contributed by atoms with Crippen molar-refractivity contribution < 1.29 is 14.3 Å². The van der Waals surface area contributed by atoms with Crippen LogP contribution in [0.4, 0.5) is 0 Å². The summed E-state index contributed by atoms with van der Waals surface area (Å²) in [4.78, 5) is 12.2. The van der Waals surface area contributed by atoms with Gasteiger partial charge in [0.05, 0.1) is 19.6 Å². The number of carbonyl (C=O) groups excluding carboxylic acids is 1. The number of hydrogen-bond donors (Lipinski definition) is 1. The highest BCUT2D eigenvalue weighted by Crippen LogP contribution is 2.22. The third-order valence-electron chi connectivity index (χ3n) is 5.09. The molecule has 0 spiro atoms. The minimum absolute atomic E-state index is 0.134. The second-order valence-electron chi connectivity index (χ2n) is 7.41. The zero-order valence-electron chi connectivity index (χ0n) is 15.4. The van der Waals surface area contributed by atoms with Gasteiger partial charge in [-0.2, -0.15) is 5.10 Å². The molecule has 0 aromatic rings. The van der Waals surface area contributed by atoms with E-state index in [2.05, 4.69) is 17.5 Å². The molecule has 1 N–H and O–H groups in total. The average molecular weight is 338 g/mol. The molecule has 1 atom stereocenters. The minimum atomic E-state index is -0.789. The molecule has 0 aromatic carbocycles. The van der Waals surface area contributed by atoms with E-state index in [0.717, 1.165) is 12.1 Å². The van der Waals surface area contributed by atoms with Crippen molar-refractivity contribution in [2.75, 3.05) is 13.2 Å². The van der Waals surface area contributed by atoms with E-state index in [1.807, 2.05) is 6.92 Å². The molecule has 5 nitrogen and oxygen atoms in total. The largest absolute Gasteiger partial charge is 0.347 e. The van der Waals surface area contributed by atoms with Gasteiger partial charge in [0.15, 0.2) is 5.79 Å². The molecule has 0 bridgehead atoms. The highest BCUT2D eigenvalue weighted by atomic mass is 16.7. The summed E-state index contributed by atoms with van der Waals surface area (Å²) in [5, 5.41) is 4.47. The Morgan fingerprint density at radius 1 is 1.08 bits per heavy atom. The smallest absolute Gasteiger partial charge is 0.245 e. The van der Waals surface area contributed by atoms with Crippen molar-refractivity contribution in [2.24, 2.45) is 11.0 Å². The molecule has 1 aliphatic carbocycles. The van der Waals surface area contributed by atoms with Gasteiger partial charge in [-0.3, -0.25) is 4.79 Å². The molecule has 5 heteroatoms. The van der Waals surface area contributed by atoms with Crippen LogP contribution >= 0.6 is 0 Å². The minimum Gasteiger partial charge on any atom is -0.347 e. The lowest BCUT2D eigenvalue weighted by Gasteiger charge is -2.21. The van der Waals surface area contributed by atoms with Gasteiger partial charge in [-0.05, 0) is 32.1 Å². The van der Waals surface area contributed by atoms with Crippen LogP contribution in [0.3, 0.4) is 0 Å². The van der Waals surface area contributed by atoms with Crippen LogP contribution in [0.5, 0.6) is 0 Å². The van der Waals surface area contributed by atoms with Crippen molar-refractivity contribution in [3.63, 3.8) is 0 Å². The Morgan fingerprint density at radius 2 is 1.67 bits per heavy atom. The van der Waals surface area contributed by atoms with Crippen LogP contribution < -0.4 is 5.43 Å². The number of nitrogens with zero attached hydrogens (tertiary/aromatic N) is 1. The van der Waals surface area contributed by atoms with Crippen LogP contribution in [0, 0.1) is 5.92 Å². The van der Waals surface area contributed by atoms with Gasteiger partial charge in [0.2, 0.25) is 5.91 Å². The summed E-state index contributed by atoms with van der Waals surface area (Å²) in [6, 6.07) is 0. The molecule has 1 amide bonds. The quantitative estimate of drug-likeness (QED) is 0.786. The number of amides is 1. The molecule has 1 unspecified atom stereocenters. The van der Waals surface area contributed by atoms with E-state index >= 15 is 0 Å². The fourth-order valence-electron chi connectivity index (χ4n) is 3.52. The summed E-state index contributed by atoms with van der Waals surface area (Å²) in [5.41, 5.74) is 3.88. The van der Waals surface area contributed by atoms with Gasteiger partial charge < -0.3 is 9.47 Å². The SMILES string of the molecule is CC1CCCCCCCCCC/C1=N/NC(=O)CC1(C)OCCO1. The maximum Gasteiger partial charge on any atom is 0.245 e. The highest BCUT2D eigenvalue weighted by Gasteiger charge is 2.33. The monoisotopic (exact) mass is 338 g/mol. The van der Waals surface area contributed by atoms with Crippen LogP contribution in [0.15, 0.2) is 5.10 Å².